The molecule has 9 heteroatoms. The van der Waals surface area contributed by atoms with Crippen molar-refractivity contribution in [3.63, 3.8) is 0 Å². The van der Waals surface area contributed by atoms with Crippen molar-refractivity contribution < 1.29 is 13.2 Å². The Morgan fingerprint density at radius 2 is 1.71 bits per heavy atom. The molecule has 35 heavy (non-hydrogen) atoms. The number of anilines is 1. The first-order valence-corrected chi connectivity index (χ1v) is 12.4. The molecule has 3 aromatic carbocycles. The number of para-hydroxylation sites is 2. The van der Waals surface area contributed by atoms with Crippen LogP contribution in [0.15, 0.2) is 81.6 Å². The summed E-state index contributed by atoms with van der Waals surface area (Å²) in [6.45, 7) is 3.60. The van der Waals surface area contributed by atoms with E-state index in [2.05, 4.69) is 15.1 Å². The van der Waals surface area contributed by atoms with Crippen LogP contribution >= 0.6 is 0 Å². The highest BCUT2D eigenvalue weighted by atomic mass is 32.2. The predicted molar refractivity (Wildman–Crippen MR) is 137 cm³/mol. The Morgan fingerprint density at radius 3 is 2.46 bits per heavy atom. The number of nitrogens with zero attached hydrogens (tertiary/aromatic N) is 4. The van der Waals surface area contributed by atoms with Gasteiger partial charge in [0.25, 0.3) is 0 Å². The highest BCUT2D eigenvalue weighted by Gasteiger charge is 2.31. The van der Waals surface area contributed by atoms with E-state index in [-0.39, 0.29) is 26.8 Å². The molecule has 0 radical (unpaired) electrons. The van der Waals surface area contributed by atoms with Crippen molar-refractivity contribution in [2.45, 2.75) is 23.6 Å². The second-order valence-electron chi connectivity index (χ2n) is 8.20. The first kappa shape index (κ1) is 22.5. The first-order chi connectivity index (χ1) is 16.8. The minimum absolute atomic E-state index is 0.0599. The summed E-state index contributed by atoms with van der Waals surface area (Å²) in [4.78, 5) is 9.39. The lowest BCUT2D eigenvalue weighted by atomic mass is 10.2. The van der Waals surface area contributed by atoms with E-state index in [1.54, 1.807) is 50.6 Å². The zero-order valence-corrected chi connectivity index (χ0v) is 20.2. The second kappa shape index (κ2) is 8.52. The van der Waals surface area contributed by atoms with Crippen LogP contribution in [0.3, 0.4) is 0 Å². The molecule has 0 aliphatic heterocycles. The van der Waals surface area contributed by atoms with Crippen molar-refractivity contribution in [3.05, 3.63) is 83.4 Å². The normalized spacial score (nSPS) is 12.1. The van der Waals surface area contributed by atoms with E-state index in [1.165, 1.54) is 4.68 Å². The molecule has 2 heterocycles. The third-order valence-corrected chi connectivity index (χ3v) is 7.71. The van der Waals surface area contributed by atoms with Crippen molar-refractivity contribution >= 4 is 44.1 Å². The van der Waals surface area contributed by atoms with Gasteiger partial charge < -0.3 is 10.5 Å². The van der Waals surface area contributed by atoms with Gasteiger partial charge in [-0.3, -0.25) is 0 Å². The van der Waals surface area contributed by atoms with Gasteiger partial charge in [0.15, 0.2) is 5.65 Å². The van der Waals surface area contributed by atoms with Gasteiger partial charge in [-0.25, -0.2) is 18.4 Å². The van der Waals surface area contributed by atoms with E-state index in [9.17, 15) is 8.42 Å². The van der Waals surface area contributed by atoms with Crippen LogP contribution in [0.25, 0.3) is 22.2 Å². The molecule has 176 valence electrons. The Kier molecular flexibility index (Phi) is 5.49. The van der Waals surface area contributed by atoms with Crippen molar-refractivity contribution in [3.8, 4) is 5.75 Å². The van der Waals surface area contributed by atoms with Crippen LogP contribution in [0.1, 0.15) is 16.7 Å². The molecule has 0 bridgehead atoms. The van der Waals surface area contributed by atoms with Gasteiger partial charge in [-0.05, 0) is 60.9 Å². The number of hydrogen-bond donors (Lipinski definition) is 1. The maximum Gasteiger partial charge on any atom is 0.212 e. The summed E-state index contributed by atoms with van der Waals surface area (Å²) in [5, 5.41) is 4.50. The molecule has 0 atom stereocenters. The summed E-state index contributed by atoms with van der Waals surface area (Å²) in [6.07, 6.45) is 1.57. The number of nitrogens with two attached hydrogens (primary N) is 1. The van der Waals surface area contributed by atoms with E-state index >= 15 is 0 Å². The minimum Gasteiger partial charge on any atom is -0.497 e. The van der Waals surface area contributed by atoms with Gasteiger partial charge in [-0.1, -0.05) is 36.4 Å². The molecule has 0 aliphatic rings. The highest BCUT2D eigenvalue weighted by Crippen LogP contribution is 2.36. The number of ether oxygens (including phenoxy) is 1. The van der Waals surface area contributed by atoms with Crippen LogP contribution in [0.4, 0.5) is 5.82 Å². The number of rotatable bonds is 5. The van der Waals surface area contributed by atoms with E-state index in [0.29, 0.717) is 22.3 Å². The van der Waals surface area contributed by atoms with Crippen molar-refractivity contribution in [2.75, 3.05) is 12.8 Å². The summed E-state index contributed by atoms with van der Waals surface area (Å²) in [6, 6.07) is 19.8. The van der Waals surface area contributed by atoms with Crippen LogP contribution in [0, 0.1) is 13.8 Å². The highest BCUT2D eigenvalue weighted by molar-refractivity contribution is 7.92. The van der Waals surface area contributed by atoms with Crippen LogP contribution in [-0.2, 0) is 9.84 Å². The molecule has 0 saturated carbocycles. The molecule has 0 fully saturated rings. The van der Waals surface area contributed by atoms with E-state index < -0.39 is 9.84 Å². The van der Waals surface area contributed by atoms with Crippen LogP contribution in [0.5, 0.6) is 5.75 Å². The van der Waals surface area contributed by atoms with Crippen LogP contribution in [-0.4, -0.2) is 36.4 Å². The number of benzene rings is 3. The average molecular weight is 486 g/mol. The maximum atomic E-state index is 13.9. The lowest BCUT2D eigenvalue weighted by Crippen LogP contribution is -2.08. The molecule has 8 nitrogen and oxygen atoms in total. The Balaban J connectivity index is 1.80. The molecule has 0 spiro atoms. The maximum absolute atomic E-state index is 13.9. The molecule has 0 unspecified atom stereocenters. The quantitative estimate of drug-likeness (QED) is 0.367. The largest absolute Gasteiger partial charge is 0.497 e. The molecule has 2 aromatic heterocycles. The summed E-state index contributed by atoms with van der Waals surface area (Å²) in [5.74, 6) is 0.610. The molecular weight excluding hydrogens is 462 g/mol. The Labute approximate surface area is 202 Å². The van der Waals surface area contributed by atoms with Crippen molar-refractivity contribution in [1.82, 2.24) is 14.6 Å². The number of aromatic nitrogens is 3. The Bertz CT molecular complexity index is 1740. The predicted octanol–water partition coefficient (Wildman–Crippen LogP) is 4.51. The number of fused-ring (bicyclic) bond motifs is 2. The van der Waals surface area contributed by atoms with E-state index in [0.717, 1.165) is 11.1 Å². The fraction of sp³-hybridized carbons (Fsp3) is 0.115. The third kappa shape index (κ3) is 3.89. The summed E-state index contributed by atoms with van der Waals surface area (Å²) < 4.78 is 34.4. The Hall–Kier alpha value is -4.24. The number of methoxy groups -OCH3 is 1. The van der Waals surface area contributed by atoms with Gasteiger partial charge in [0, 0.05) is 0 Å². The first-order valence-electron chi connectivity index (χ1n) is 10.9. The average Bonchev–Trinajstić information content (AvgIpc) is 3.13. The van der Waals surface area contributed by atoms with Gasteiger partial charge >= 0.3 is 0 Å². The number of aryl methyl sites for hydroxylation is 2. The number of nitrogen functional groups attached to an aromatic ring is 1. The summed E-state index contributed by atoms with van der Waals surface area (Å²) in [5.41, 5.74) is 10.3. The third-order valence-electron chi connectivity index (χ3n) is 5.75. The van der Waals surface area contributed by atoms with Gasteiger partial charge in [0.2, 0.25) is 9.84 Å². The zero-order chi connectivity index (χ0) is 24.7. The van der Waals surface area contributed by atoms with E-state index in [4.69, 9.17) is 10.5 Å². The van der Waals surface area contributed by atoms with Gasteiger partial charge in [0.1, 0.15) is 22.0 Å². The minimum atomic E-state index is -4.03. The van der Waals surface area contributed by atoms with Crippen LogP contribution < -0.4 is 10.5 Å². The van der Waals surface area contributed by atoms with Gasteiger partial charge in [-0.2, -0.15) is 9.78 Å². The molecule has 0 saturated heterocycles. The zero-order valence-electron chi connectivity index (χ0n) is 19.4. The van der Waals surface area contributed by atoms with Crippen molar-refractivity contribution in [1.29, 1.82) is 0 Å². The molecular formula is C26H23N5O3S. The standard InChI is InChI=1S/C26H23N5O3S/c1-16-11-12-17(2)22(13-16)35(32,33)24-23-26(30-21-10-5-4-9-20(21)29-23)31(25(24)27)28-15-18-7-6-8-19(14-18)34-3/h4-15H,27H2,1-3H3. The molecule has 0 amide bonds. The van der Waals surface area contributed by atoms with Crippen LogP contribution in [0.2, 0.25) is 0 Å². The molecule has 5 rings (SSSR count). The van der Waals surface area contributed by atoms with Crippen molar-refractivity contribution in [2.24, 2.45) is 5.10 Å². The summed E-state index contributed by atoms with van der Waals surface area (Å²) >= 11 is 0. The lowest BCUT2D eigenvalue weighted by molar-refractivity contribution is 0.415. The fourth-order valence-corrected chi connectivity index (χ4v) is 5.76. The summed E-state index contributed by atoms with van der Waals surface area (Å²) in [7, 11) is -2.45. The fourth-order valence-electron chi connectivity index (χ4n) is 3.96. The topological polar surface area (TPSA) is 112 Å². The lowest BCUT2D eigenvalue weighted by Gasteiger charge is -2.09. The molecule has 5 aromatic rings. The second-order valence-corrected chi connectivity index (χ2v) is 10.1. The van der Waals surface area contributed by atoms with Gasteiger partial charge in [0.05, 0.1) is 29.3 Å². The number of sulfone groups is 1. The molecule has 2 N–H and O–H groups in total. The van der Waals surface area contributed by atoms with E-state index in [1.807, 2.05) is 43.3 Å². The number of hydrogen-bond acceptors (Lipinski definition) is 7. The van der Waals surface area contributed by atoms with Gasteiger partial charge in [-0.15, -0.1) is 0 Å². The Morgan fingerprint density at radius 1 is 0.971 bits per heavy atom. The monoisotopic (exact) mass is 485 g/mol. The smallest absolute Gasteiger partial charge is 0.212 e. The molecule has 0 aliphatic carbocycles. The SMILES string of the molecule is COc1cccc(C=Nn2c(N)c(S(=O)(=O)c3cc(C)ccc3C)c3nc4ccccc4nc32)c1.